The van der Waals surface area contributed by atoms with Gasteiger partial charge >= 0.3 is 0 Å². The van der Waals surface area contributed by atoms with E-state index in [4.69, 9.17) is 11.1 Å². The van der Waals surface area contributed by atoms with Crippen LogP contribution in [0.25, 0.3) is 0 Å². The van der Waals surface area contributed by atoms with E-state index in [1.165, 1.54) is 12.1 Å². The number of sulfonamides is 1. The minimum Gasteiger partial charge on any atom is -0.384 e. The number of nitrogens with one attached hydrogen (secondary N) is 3. The van der Waals surface area contributed by atoms with Gasteiger partial charge in [0.25, 0.3) is 0 Å². The average molecular weight is 423 g/mol. The fourth-order valence-corrected chi connectivity index (χ4v) is 3.99. The predicted octanol–water partition coefficient (Wildman–Crippen LogP) is 2.94. The number of rotatable bonds is 7. The zero-order chi connectivity index (χ0) is 21.7. The van der Waals surface area contributed by atoms with Crippen LogP contribution in [-0.2, 0) is 14.8 Å². The van der Waals surface area contributed by atoms with Crippen molar-refractivity contribution in [3.05, 3.63) is 95.6 Å². The summed E-state index contributed by atoms with van der Waals surface area (Å²) in [6.07, 6.45) is 0. The highest BCUT2D eigenvalue weighted by Gasteiger charge is 2.27. The zero-order valence-electron chi connectivity index (χ0n) is 16.3. The van der Waals surface area contributed by atoms with Gasteiger partial charge in [-0.05, 0) is 48.9 Å². The third-order valence-electron chi connectivity index (χ3n) is 4.46. The molecule has 0 spiro atoms. The molecule has 7 nitrogen and oxygen atoms in total. The van der Waals surface area contributed by atoms with Gasteiger partial charge in [-0.2, -0.15) is 4.72 Å². The van der Waals surface area contributed by atoms with Crippen LogP contribution in [0.3, 0.4) is 0 Å². The predicted molar refractivity (Wildman–Crippen MR) is 117 cm³/mol. The molecule has 3 aromatic carbocycles. The highest BCUT2D eigenvalue weighted by atomic mass is 32.2. The van der Waals surface area contributed by atoms with Gasteiger partial charge in [0.15, 0.2) is 0 Å². The maximum atomic E-state index is 13.0. The molecule has 0 aliphatic carbocycles. The number of benzene rings is 3. The van der Waals surface area contributed by atoms with Crippen LogP contribution in [0.15, 0.2) is 83.8 Å². The summed E-state index contributed by atoms with van der Waals surface area (Å²) in [4.78, 5) is 13.1. The van der Waals surface area contributed by atoms with Gasteiger partial charge in [-0.15, -0.1) is 0 Å². The molecule has 1 amide bonds. The maximum absolute atomic E-state index is 13.0. The van der Waals surface area contributed by atoms with E-state index in [1.807, 2.05) is 6.92 Å². The van der Waals surface area contributed by atoms with Crippen LogP contribution in [0.5, 0.6) is 0 Å². The monoisotopic (exact) mass is 422 g/mol. The van der Waals surface area contributed by atoms with E-state index < -0.39 is 22.0 Å². The summed E-state index contributed by atoms with van der Waals surface area (Å²) in [5, 5.41) is 10.1. The second-order valence-electron chi connectivity index (χ2n) is 6.76. The average Bonchev–Trinajstić information content (AvgIpc) is 2.73. The van der Waals surface area contributed by atoms with Crippen LogP contribution in [0.1, 0.15) is 22.7 Å². The first-order valence-electron chi connectivity index (χ1n) is 9.15. The van der Waals surface area contributed by atoms with Gasteiger partial charge in [-0.1, -0.05) is 48.0 Å². The highest BCUT2D eigenvalue weighted by molar-refractivity contribution is 7.89. The summed E-state index contributed by atoms with van der Waals surface area (Å²) in [5.41, 5.74) is 7.86. The van der Waals surface area contributed by atoms with E-state index >= 15 is 0 Å². The number of amides is 1. The Morgan fingerprint density at radius 1 is 0.933 bits per heavy atom. The third-order valence-corrected chi connectivity index (χ3v) is 5.90. The van der Waals surface area contributed by atoms with Crippen molar-refractivity contribution in [3.63, 3.8) is 0 Å². The smallest absolute Gasteiger partial charge is 0.247 e. The van der Waals surface area contributed by atoms with Crippen LogP contribution >= 0.6 is 0 Å². The van der Waals surface area contributed by atoms with E-state index in [-0.39, 0.29) is 10.7 Å². The number of nitrogens with two attached hydrogens (primary N) is 1. The molecule has 3 aromatic rings. The van der Waals surface area contributed by atoms with Gasteiger partial charge < -0.3 is 11.1 Å². The molecule has 8 heteroatoms. The summed E-state index contributed by atoms with van der Waals surface area (Å²) >= 11 is 0. The van der Waals surface area contributed by atoms with Gasteiger partial charge in [0.2, 0.25) is 15.9 Å². The van der Waals surface area contributed by atoms with Crippen LogP contribution in [-0.4, -0.2) is 20.2 Å². The quantitative estimate of drug-likeness (QED) is 0.345. The van der Waals surface area contributed by atoms with Crippen molar-refractivity contribution in [1.82, 2.24) is 4.72 Å². The molecule has 5 N–H and O–H groups in total. The summed E-state index contributed by atoms with van der Waals surface area (Å²) in [6, 6.07) is 20.3. The molecule has 154 valence electrons. The van der Waals surface area contributed by atoms with Gasteiger partial charge in [0.05, 0.1) is 4.90 Å². The number of hydrogen-bond acceptors (Lipinski definition) is 4. The molecular weight excluding hydrogens is 400 g/mol. The van der Waals surface area contributed by atoms with Crippen molar-refractivity contribution in [1.29, 1.82) is 5.41 Å². The molecule has 3 rings (SSSR count). The second-order valence-corrected chi connectivity index (χ2v) is 8.47. The molecule has 0 saturated carbocycles. The number of anilines is 1. The topological polar surface area (TPSA) is 125 Å². The summed E-state index contributed by atoms with van der Waals surface area (Å²) in [7, 11) is -3.94. The Kier molecular flexibility index (Phi) is 6.29. The Morgan fingerprint density at radius 2 is 1.53 bits per heavy atom. The first-order chi connectivity index (χ1) is 14.3. The number of carbonyl (C=O) groups is 1. The number of aryl methyl sites for hydroxylation is 1. The molecule has 0 bridgehead atoms. The molecule has 0 heterocycles. The van der Waals surface area contributed by atoms with Crippen molar-refractivity contribution in [2.75, 3.05) is 5.32 Å². The summed E-state index contributed by atoms with van der Waals surface area (Å²) < 4.78 is 28.3. The maximum Gasteiger partial charge on any atom is 0.247 e. The van der Waals surface area contributed by atoms with E-state index in [1.54, 1.807) is 66.7 Å². The molecule has 1 unspecified atom stereocenters. The standard InChI is InChI=1S/C22H22N4O3S/c1-15-7-13-19(14-8-15)30(28,29)26-20(16-5-3-2-4-6-16)22(27)25-18-11-9-17(10-12-18)21(23)24/h2-14,20,26H,1H3,(H3,23,24)(H,25,27). The molecule has 0 aromatic heterocycles. The molecular formula is C22H22N4O3S. The zero-order valence-corrected chi connectivity index (χ0v) is 17.1. The second kappa shape index (κ2) is 8.89. The summed E-state index contributed by atoms with van der Waals surface area (Å²) in [6.45, 7) is 1.86. The lowest BCUT2D eigenvalue weighted by Crippen LogP contribution is -2.37. The third kappa shape index (κ3) is 5.11. The van der Waals surface area contributed by atoms with Crippen LogP contribution < -0.4 is 15.8 Å². The molecule has 0 radical (unpaired) electrons. The van der Waals surface area contributed by atoms with Crippen molar-refractivity contribution >= 4 is 27.5 Å². The van der Waals surface area contributed by atoms with Crippen LogP contribution in [0.4, 0.5) is 5.69 Å². The van der Waals surface area contributed by atoms with Gasteiger partial charge in [-0.3, -0.25) is 10.2 Å². The van der Waals surface area contributed by atoms with E-state index in [0.29, 0.717) is 16.8 Å². The van der Waals surface area contributed by atoms with Gasteiger partial charge in [0.1, 0.15) is 11.9 Å². The lowest BCUT2D eigenvalue weighted by molar-refractivity contribution is -0.117. The molecule has 1 atom stereocenters. The van der Waals surface area contributed by atoms with Gasteiger partial charge in [0, 0.05) is 11.3 Å². The first kappa shape index (κ1) is 21.2. The number of amidine groups is 1. The van der Waals surface area contributed by atoms with Crippen molar-refractivity contribution in [3.8, 4) is 0 Å². The van der Waals surface area contributed by atoms with Crippen molar-refractivity contribution < 1.29 is 13.2 Å². The Hall–Kier alpha value is -3.49. The van der Waals surface area contributed by atoms with Crippen molar-refractivity contribution in [2.24, 2.45) is 5.73 Å². The normalized spacial score (nSPS) is 12.2. The van der Waals surface area contributed by atoms with E-state index in [2.05, 4.69) is 10.0 Å². The SMILES string of the molecule is Cc1ccc(S(=O)(=O)NC(C(=O)Nc2ccc(C(=N)N)cc2)c2ccccc2)cc1. The molecule has 0 fully saturated rings. The first-order valence-corrected chi connectivity index (χ1v) is 10.6. The van der Waals surface area contributed by atoms with E-state index in [9.17, 15) is 13.2 Å². The Balaban J connectivity index is 1.88. The van der Waals surface area contributed by atoms with Gasteiger partial charge in [-0.25, -0.2) is 8.42 Å². The lowest BCUT2D eigenvalue weighted by Gasteiger charge is -2.19. The Morgan fingerprint density at radius 3 is 2.10 bits per heavy atom. The minimum atomic E-state index is -3.94. The molecule has 0 aliphatic rings. The minimum absolute atomic E-state index is 0.0765. The highest BCUT2D eigenvalue weighted by Crippen LogP contribution is 2.20. The Labute approximate surface area is 175 Å². The number of hydrogen-bond donors (Lipinski definition) is 4. The van der Waals surface area contributed by atoms with Crippen LogP contribution in [0, 0.1) is 12.3 Å². The number of carbonyl (C=O) groups excluding carboxylic acids is 1. The Bertz CT molecular complexity index is 1140. The summed E-state index contributed by atoms with van der Waals surface area (Å²) in [5.74, 6) is -0.617. The van der Waals surface area contributed by atoms with E-state index in [0.717, 1.165) is 5.56 Å². The molecule has 0 saturated heterocycles. The lowest BCUT2D eigenvalue weighted by atomic mass is 10.1. The van der Waals surface area contributed by atoms with Crippen molar-refractivity contribution in [2.45, 2.75) is 17.9 Å². The molecule has 0 aliphatic heterocycles. The van der Waals surface area contributed by atoms with Crippen LogP contribution in [0.2, 0.25) is 0 Å². The fourth-order valence-electron chi connectivity index (χ4n) is 2.81. The molecule has 30 heavy (non-hydrogen) atoms. The largest absolute Gasteiger partial charge is 0.384 e. The number of nitrogen functional groups attached to an aromatic ring is 1. The fraction of sp³-hybridized carbons (Fsp3) is 0.0909.